The van der Waals surface area contributed by atoms with Crippen LogP contribution in [0.2, 0.25) is 0 Å². The smallest absolute Gasteiger partial charge is 0.322 e. The molecule has 0 saturated carbocycles. The van der Waals surface area contributed by atoms with Gasteiger partial charge >= 0.3 is 5.97 Å². The van der Waals surface area contributed by atoms with E-state index in [4.69, 9.17) is 5.11 Å². The third-order valence-corrected chi connectivity index (χ3v) is 6.67. The van der Waals surface area contributed by atoms with Crippen molar-refractivity contribution in [2.24, 2.45) is 5.92 Å². The first kappa shape index (κ1) is 15.5. The Morgan fingerprint density at radius 2 is 1.86 bits per heavy atom. The number of carbonyl (C=O) groups is 1. The van der Waals surface area contributed by atoms with E-state index >= 15 is 0 Å². The van der Waals surface area contributed by atoms with Crippen LogP contribution < -0.4 is 0 Å². The topological polar surface area (TPSA) is 74.7 Å². The molecule has 1 aromatic rings. The first-order chi connectivity index (χ1) is 10.5. The van der Waals surface area contributed by atoms with Gasteiger partial charge in [0.15, 0.2) is 0 Å². The van der Waals surface area contributed by atoms with E-state index in [9.17, 15) is 13.2 Å². The molecule has 6 heteroatoms. The maximum Gasteiger partial charge on any atom is 0.322 e. The predicted octanol–water partition coefficient (Wildman–Crippen LogP) is 1.67. The molecule has 1 aromatic carbocycles. The third-order valence-electron chi connectivity index (χ3n) is 4.77. The lowest BCUT2D eigenvalue weighted by atomic mass is 10.0. The second kappa shape index (κ2) is 6.01. The SMILES string of the molecule is O=C(O)C1CCCN1S(=O)(=O)CCC1Cc2ccccc2C1. The molecule has 1 N–H and O–H groups in total. The van der Waals surface area contributed by atoms with Crippen LogP contribution in [-0.4, -0.2) is 42.1 Å². The molecule has 1 fully saturated rings. The molecule has 1 aliphatic carbocycles. The van der Waals surface area contributed by atoms with Crippen molar-refractivity contribution in [3.05, 3.63) is 35.4 Å². The van der Waals surface area contributed by atoms with Crippen molar-refractivity contribution >= 4 is 16.0 Å². The lowest BCUT2D eigenvalue weighted by molar-refractivity contribution is -0.140. The van der Waals surface area contributed by atoms with E-state index < -0.39 is 22.0 Å². The molecule has 5 nitrogen and oxygen atoms in total. The largest absolute Gasteiger partial charge is 0.480 e. The summed E-state index contributed by atoms with van der Waals surface area (Å²) in [6, 6.07) is 7.36. The van der Waals surface area contributed by atoms with Gasteiger partial charge in [-0.05, 0) is 49.1 Å². The van der Waals surface area contributed by atoms with Crippen LogP contribution in [0.15, 0.2) is 24.3 Å². The zero-order chi connectivity index (χ0) is 15.7. The van der Waals surface area contributed by atoms with Crippen molar-refractivity contribution in [1.82, 2.24) is 4.31 Å². The molecule has 0 bridgehead atoms. The van der Waals surface area contributed by atoms with Gasteiger partial charge in [-0.1, -0.05) is 24.3 Å². The molecule has 0 spiro atoms. The summed E-state index contributed by atoms with van der Waals surface area (Å²) in [5, 5.41) is 9.14. The summed E-state index contributed by atoms with van der Waals surface area (Å²) in [4.78, 5) is 11.2. The molecule has 0 aromatic heterocycles. The summed E-state index contributed by atoms with van der Waals surface area (Å²) in [5.74, 6) is -0.637. The summed E-state index contributed by atoms with van der Waals surface area (Å²) in [7, 11) is -3.48. The molecule has 1 atom stereocenters. The van der Waals surface area contributed by atoms with Gasteiger partial charge in [-0.2, -0.15) is 4.31 Å². The molecule has 22 heavy (non-hydrogen) atoms. The summed E-state index contributed by atoms with van der Waals surface area (Å²) in [5.41, 5.74) is 2.63. The number of nitrogens with zero attached hydrogens (tertiary/aromatic N) is 1. The molecular weight excluding hydrogens is 302 g/mol. The molecule has 120 valence electrons. The van der Waals surface area contributed by atoms with E-state index in [1.165, 1.54) is 15.4 Å². The number of hydrogen-bond acceptors (Lipinski definition) is 3. The Bertz CT molecular complexity index is 645. The van der Waals surface area contributed by atoms with Gasteiger partial charge in [0.1, 0.15) is 6.04 Å². The summed E-state index contributed by atoms with van der Waals surface area (Å²) < 4.78 is 26.1. The molecule has 1 aliphatic heterocycles. The minimum atomic E-state index is -3.48. The number of aliphatic carboxylic acids is 1. The van der Waals surface area contributed by atoms with Crippen LogP contribution in [0.3, 0.4) is 0 Å². The number of sulfonamides is 1. The van der Waals surface area contributed by atoms with Crippen molar-refractivity contribution in [1.29, 1.82) is 0 Å². The Morgan fingerprint density at radius 3 is 2.45 bits per heavy atom. The average Bonchev–Trinajstić information content (AvgIpc) is 3.11. The minimum Gasteiger partial charge on any atom is -0.480 e. The third kappa shape index (κ3) is 3.03. The van der Waals surface area contributed by atoms with E-state index in [-0.39, 0.29) is 5.75 Å². The highest BCUT2D eigenvalue weighted by molar-refractivity contribution is 7.89. The zero-order valence-electron chi connectivity index (χ0n) is 12.4. The van der Waals surface area contributed by atoms with E-state index in [0.29, 0.717) is 31.7 Å². The van der Waals surface area contributed by atoms with E-state index in [1.54, 1.807) is 0 Å². The highest BCUT2D eigenvalue weighted by atomic mass is 32.2. The van der Waals surface area contributed by atoms with E-state index in [0.717, 1.165) is 12.8 Å². The van der Waals surface area contributed by atoms with Gasteiger partial charge < -0.3 is 5.11 Å². The number of fused-ring (bicyclic) bond motifs is 1. The van der Waals surface area contributed by atoms with Gasteiger partial charge in [0, 0.05) is 6.54 Å². The van der Waals surface area contributed by atoms with Gasteiger partial charge in [0.2, 0.25) is 10.0 Å². The number of hydrogen-bond donors (Lipinski definition) is 1. The predicted molar refractivity (Wildman–Crippen MR) is 83.1 cm³/mol. The lowest BCUT2D eigenvalue weighted by Crippen LogP contribution is -2.41. The molecule has 1 saturated heterocycles. The normalized spacial score (nSPS) is 22.8. The molecule has 1 heterocycles. The van der Waals surface area contributed by atoms with Crippen LogP contribution in [0.4, 0.5) is 0 Å². The number of benzene rings is 1. The number of rotatable bonds is 5. The highest BCUT2D eigenvalue weighted by Gasteiger charge is 2.38. The Morgan fingerprint density at radius 1 is 1.23 bits per heavy atom. The quantitative estimate of drug-likeness (QED) is 0.894. The zero-order valence-corrected chi connectivity index (χ0v) is 13.3. The fraction of sp³-hybridized carbons (Fsp3) is 0.562. The Labute approximate surface area is 131 Å². The lowest BCUT2D eigenvalue weighted by Gasteiger charge is -2.21. The van der Waals surface area contributed by atoms with Crippen molar-refractivity contribution in [3.8, 4) is 0 Å². The molecular formula is C16H21NO4S. The van der Waals surface area contributed by atoms with Gasteiger partial charge in [-0.25, -0.2) is 8.42 Å². The number of carboxylic acids is 1. The standard InChI is InChI=1S/C16H21NO4S/c18-16(19)15-6-3-8-17(15)22(20,21)9-7-12-10-13-4-1-2-5-14(13)11-12/h1-2,4-5,12,15H,3,6-11H2,(H,18,19). The first-order valence-corrected chi connectivity index (χ1v) is 9.37. The van der Waals surface area contributed by atoms with E-state index in [2.05, 4.69) is 12.1 Å². The van der Waals surface area contributed by atoms with Gasteiger partial charge in [0.25, 0.3) is 0 Å². The van der Waals surface area contributed by atoms with Crippen molar-refractivity contribution < 1.29 is 18.3 Å². The van der Waals surface area contributed by atoms with Crippen LogP contribution in [0.1, 0.15) is 30.4 Å². The van der Waals surface area contributed by atoms with Crippen molar-refractivity contribution in [3.63, 3.8) is 0 Å². The van der Waals surface area contributed by atoms with Crippen LogP contribution in [0, 0.1) is 5.92 Å². The maximum absolute atomic E-state index is 12.4. The highest BCUT2D eigenvalue weighted by Crippen LogP contribution is 2.30. The summed E-state index contributed by atoms with van der Waals surface area (Å²) in [6.45, 7) is 0.337. The molecule has 2 aliphatic rings. The molecule has 1 unspecified atom stereocenters. The average molecular weight is 323 g/mol. The minimum absolute atomic E-state index is 0.0510. The van der Waals surface area contributed by atoms with Gasteiger partial charge in [-0.15, -0.1) is 0 Å². The van der Waals surface area contributed by atoms with Crippen LogP contribution in [-0.2, 0) is 27.7 Å². The van der Waals surface area contributed by atoms with Gasteiger partial charge in [-0.3, -0.25) is 4.79 Å². The van der Waals surface area contributed by atoms with E-state index in [1.807, 2.05) is 12.1 Å². The molecule has 3 rings (SSSR count). The van der Waals surface area contributed by atoms with Crippen LogP contribution in [0.5, 0.6) is 0 Å². The Kier molecular flexibility index (Phi) is 4.23. The second-order valence-electron chi connectivity index (χ2n) is 6.25. The Hall–Kier alpha value is -1.40. The van der Waals surface area contributed by atoms with Gasteiger partial charge in [0.05, 0.1) is 5.75 Å². The molecule has 0 amide bonds. The summed E-state index contributed by atoms with van der Waals surface area (Å²) in [6.07, 6.45) is 3.50. The fourth-order valence-corrected chi connectivity index (χ4v) is 5.46. The van der Waals surface area contributed by atoms with Crippen molar-refractivity contribution in [2.75, 3.05) is 12.3 Å². The first-order valence-electron chi connectivity index (χ1n) is 7.76. The fourth-order valence-electron chi connectivity index (χ4n) is 3.61. The molecule has 0 radical (unpaired) electrons. The van der Waals surface area contributed by atoms with Crippen LogP contribution in [0.25, 0.3) is 0 Å². The Balaban J connectivity index is 1.61. The summed E-state index contributed by atoms with van der Waals surface area (Å²) >= 11 is 0. The monoisotopic (exact) mass is 323 g/mol. The maximum atomic E-state index is 12.4. The van der Waals surface area contributed by atoms with Crippen molar-refractivity contribution in [2.45, 2.75) is 38.1 Å². The number of carboxylic acid groups (broad SMARTS) is 1. The van der Waals surface area contributed by atoms with Crippen LogP contribution >= 0.6 is 0 Å². The second-order valence-corrected chi connectivity index (χ2v) is 8.30.